The Bertz CT molecular complexity index is 1100. The number of esters is 1. The van der Waals surface area contributed by atoms with Crippen LogP contribution in [0.15, 0.2) is 71.1 Å². The summed E-state index contributed by atoms with van der Waals surface area (Å²) in [5, 5.41) is 0. The lowest BCUT2D eigenvalue weighted by atomic mass is 10.1. The Kier molecular flexibility index (Phi) is 4.42. The number of rotatable bonds is 4. The van der Waals surface area contributed by atoms with E-state index in [9.17, 15) is 9.18 Å². The molecule has 0 aliphatic carbocycles. The number of hydrogen-bond acceptors (Lipinski definition) is 4. The van der Waals surface area contributed by atoms with Gasteiger partial charge in [0.25, 0.3) is 0 Å². The van der Waals surface area contributed by atoms with Crippen molar-refractivity contribution in [3.8, 4) is 17.2 Å². The molecule has 0 saturated carbocycles. The lowest BCUT2D eigenvalue weighted by Gasteiger charge is -2.08. The first kappa shape index (κ1) is 17.0. The first-order valence-electron chi connectivity index (χ1n) is 8.51. The van der Waals surface area contributed by atoms with Gasteiger partial charge in [-0.15, -0.1) is 0 Å². The summed E-state index contributed by atoms with van der Waals surface area (Å²) < 4.78 is 25.2. The molecule has 0 N–H and O–H groups in total. The molecule has 1 heterocycles. The molecule has 0 amide bonds. The van der Waals surface area contributed by atoms with E-state index in [-0.39, 0.29) is 12.2 Å². The molecular formula is C22H16FNO3. The van der Waals surface area contributed by atoms with Crippen LogP contribution in [-0.2, 0) is 11.2 Å². The molecule has 4 nitrogen and oxygen atoms in total. The predicted octanol–water partition coefficient (Wildman–Crippen LogP) is 5.09. The highest BCUT2D eigenvalue weighted by atomic mass is 19.1. The second-order valence-electron chi connectivity index (χ2n) is 6.21. The molecule has 134 valence electrons. The third-order valence-electron chi connectivity index (χ3n) is 4.29. The minimum absolute atomic E-state index is 0.0823. The zero-order chi connectivity index (χ0) is 18.8. The Hall–Kier alpha value is -3.47. The molecule has 0 atom stereocenters. The molecule has 27 heavy (non-hydrogen) atoms. The van der Waals surface area contributed by atoms with E-state index in [1.165, 1.54) is 12.1 Å². The Morgan fingerprint density at radius 3 is 2.63 bits per heavy atom. The van der Waals surface area contributed by atoms with Gasteiger partial charge in [0.15, 0.2) is 17.1 Å². The Morgan fingerprint density at radius 1 is 1.07 bits per heavy atom. The topological polar surface area (TPSA) is 52.3 Å². The van der Waals surface area contributed by atoms with Crippen molar-refractivity contribution in [3.63, 3.8) is 0 Å². The summed E-state index contributed by atoms with van der Waals surface area (Å²) in [7, 11) is 0. The Balaban J connectivity index is 1.53. The molecule has 3 aromatic carbocycles. The summed E-state index contributed by atoms with van der Waals surface area (Å²) >= 11 is 0. The average Bonchev–Trinajstić information content (AvgIpc) is 3.09. The van der Waals surface area contributed by atoms with Gasteiger partial charge >= 0.3 is 5.97 Å². The third-order valence-corrected chi connectivity index (χ3v) is 4.29. The zero-order valence-electron chi connectivity index (χ0n) is 14.6. The summed E-state index contributed by atoms with van der Waals surface area (Å²) in [5.74, 6) is -0.966. The molecule has 0 aliphatic rings. The minimum atomic E-state index is -0.645. The number of aromatic nitrogens is 1. The SMILES string of the molecule is Cc1ccccc1CC(=O)Oc1ccc(-c2nc3ccccc3o2)cc1F. The molecule has 5 heteroatoms. The van der Waals surface area contributed by atoms with Crippen LogP contribution in [0.25, 0.3) is 22.6 Å². The van der Waals surface area contributed by atoms with Gasteiger partial charge in [-0.25, -0.2) is 9.37 Å². The summed E-state index contributed by atoms with van der Waals surface area (Å²) in [5.41, 5.74) is 3.64. The summed E-state index contributed by atoms with van der Waals surface area (Å²) in [6, 6.07) is 19.1. The van der Waals surface area contributed by atoms with E-state index in [0.29, 0.717) is 22.6 Å². The molecule has 0 fully saturated rings. The molecule has 4 aromatic rings. The van der Waals surface area contributed by atoms with Gasteiger partial charge < -0.3 is 9.15 Å². The van der Waals surface area contributed by atoms with Crippen LogP contribution < -0.4 is 4.74 Å². The van der Waals surface area contributed by atoms with Crippen LogP contribution in [0.3, 0.4) is 0 Å². The summed E-state index contributed by atoms with van der Waals surface area (Å²) in [6.07, 6.45) is 0.0823. The maximum Gasteiger partial charge on any atom is 0.315 e. The number of hydrogen-bond donors (Lipinski definition) is 0. The zero-order valence-corrected chi connectivity index (χ0v) is 14.6. The van der Waals surface area contributed by atoms with Crippen molar-refractivity contribution in [1.82, 2.24) is 4.98 Å². The van der Waals surface area contributed by atoms with Crippen LogP contribution >= 0.6 is 0 Å². The van der Waals surface area contributed by atoms with Crippen LogP contribution in [0.5, 0.6) is 5.75 Å². The number of carbonyl (C=O) groups excluding carboxylic acids is 1. The standard InChI is InChI=1S/C22H16FNO3/c1-14-6-2-3-7-15(14)13-21(25)26-19-11-10-16(12-17(19)23)22-24-18-8-4-5-9-20(18)27-22/h2-12H,13H2,1H3. The Labute approximate surface area is 155 Å². The summed E-state index contributed by atoms with van der Waals surface area (Å²) in [4.78, 5) is 16.5. The van der Waals surface area contributed by atoms with Crippen LogP contribution in [0.4, 0.5) is 4.39 Å². The number of nitrogens with zero attached hydrogens (tertiary/aromatic N) is 1. The van der Waals surface area contributed by atoms with Crippen molar-refractivity contribution in [2.45, 2.75) is 13.3 Å². The quantitative estimate of drug-likeness (QED) is 0.375. The van der Waals surface area contributed by atoms with E-state index in [2.05, 4.69) is 4.98 Å². The van der Waals surface area contributed by atoms with Gasteiger partial charge in [-0.3, -0.25) is 4.79 Å². The van der Waals surface area contributed by atoms with Crippen molar-refractivity contribution in [2.75, 3.05) is 0 Å². The van der Waals surface area contributed by atoms with Gasteiger partial charge in [0, 0.05) is 5.56 Å². The smallest absolute Gasteiger partial charge is 0.315 e. The molecule has 0 bridgehead atoms. The maximum atomic E-state index is 14.4. The van der Waals surface area contributed by atoms with Crippen molar-refractivity contribution >= 4 is 17.1 Å². The van der Waals surface area contributed by atoms with Gasteiger partial charge in [-0.2, -0.15) is 0 Å². The molecule has 0 aliphatic heterocycles. The number of aryl methyl sites for hydroxylation is 1. The number of fused-ring (bicyclic) bond motifs is 1. The van der Waals surface area contributed by atoms with Crippen LogP contribution in [0.1, 0.15) is 11.1 Å². The lowest BCUT2D eigenvalue weighted by Crippen LogP contribution is -2.12. The fourth-order valence-electron chi connectivity index (χ4n) is 2.83. The first-order valence-corrected chi connectivity index (χ1v) is 8.51. The second-order valence-corrected chi connectivity index (χ2v) is 6.21. The molecule has 0 radical (unpaired) electrons. The number of ether oxygens (including phenoxy) is 1. The maximum absolute atomic E-state index is 14.4. The number of benzene rings is 3. The average molecular weight is 361 g/mol. The first-order chi connectivity index (χ1) is 13.1. The van der Waals surface area contributed by atoms with Gasteiger partial charge in [-0.05, 0) is 48.4 Å². The monoisotopic (exact) mass is 361 g/mol. The highest BCUT2D eigenvalue weighted by Gasteiger charge is 2.15. The van der Waals surface area contributed by atoms with Crippen molar-refractivity contribution in [2.24, 2.45) is 0 Å². The van der Waals surface area contributed by atoms with Gasteiger partial charge in [0.2, 0.25) is 5.89 Å². The molecular weight excluding hydrogens is 345 g/mol. The number of halogens is 1. The molecule has 0 saturated heterocycles. The van der Waals surface area contributed by atoms with E-state index in [4.69, 9.17) is 9.15 Å². The summed E-state index contributed by atoms with van der Waals surface area (Å²) in [6.45, 7) is 1.92. The fourth-order valence-corrected chi connectivity index (χ4v) is 2.83. The highest BCUT2D eigenvalue weighted by molar-refractivity contribution is 5.77. The Morgan fingerprint density at radius 2 is 1.85 bits per heavy atom. The van der Waals surface area contributed by atoms with Gasteiger partial charge in [0.05, 0.1) is 6.42 Å². The molecule has 1 aromatic heterocycles. The minimum Gasteiger partial charge on any atom is -0.436 e. The number of para-hydroxylation sites is 2. The molecule has 0 spiro atoms. The lowest BCUT2D eigenvalue weighted by molar-refractivity contribution is -0.133. The predicted molar refractivity (Wildman–Crippen MR) is 99.9 cm³/mol. The van der Waals surface area contributed by atoms with Gasteiger partial charge in [0.1, 0.15) is 5.52 Å². The van der Waals surface area contributed by atoms with Crippen LogP contribution in [0.2, 0.25) is 0 Å². The second kappa shape index (κ2) is 7.03. The van der Waals surface area contributed by atoms with Crippen molar-refractivity contribution in [3.05, 3.63) is 83.7 Å². The van der Waals surface area contributed by atoms with Crippen LogP contribution in [0, 0.1) is 12.7 Å². The van der Waals surface area contributed by atoms with E-state index in [1.807, 2.05) is 49.4 Å². The number of carbonyl (C=O) groups is 1. The van der Waals surface area contributed by atoms with Crippen molar-refractivity contribution < 1.29 is 18.3 Å². The molecule has 0 unspecified atom stereocenters. The molecule has 4 rings (SSSR count). The van der Waals surface area contributed by atoms with Crippen molar-refractivity contribution in [1.29, 1.82) is 0 Å². The largest absolute Gasteiger partial charge is 0.436 e. The van der Waals surface area contributed by atoms with E-state index in [0.717, 1.165) is 11.1 Å². The highest BCUT2D eigenvalue weighted by Crippen LogP contribution is 2.28. The number of oxazole rings is 1. The van der Waals surface area contributed by atoms with E-state index < -0.39 is 11.8 Å². The third kappa shape index (κ3) is 3.58. The van der Waals surface area contributed by atoms with Crippen LogP contribution in [-0.4, -0.2) is 11.0 Å². The fraction of sp³-hybridized carbons (Fsp3) is 0.0909. The van der Waals surface area contributed by atoms with E-state index in [1.54, 1.807) is 12.1 Å². The van der Waals surface area contributed by atoms with E-state index >= 15 is 0 Å². The van der Waals surface area contributed by atoms with Gasteiger partial charge in [-0.1, -0.05) is 36.4 Å². The normalized spacial score (nSPS) is 10.9.